The van der Waals surface area contributed by atoms with Crippen molar-refractivity contribution in [2.24, 2.45) is 0 Å². The van der Waals surface area contributed by atoms with Gasteiger partial charge in [0, 0.05) is 36.3 Å². The lowest BCUT2D eigenvalue weighted by molar-refractivity contribution is 0.252. The van der Waals surface area contributed by atoms with Gasteiger partial charge in [-0.2, -0.15) is 0 Å². The van der Waals surface area contributed by atoms with E-state index in [0.717, 1.165) is 10.9 Å². The van der Waals surface area contributed by atoms with Crippen LogP contribution in [0, 0.1) is 6.92 Å². The maximum atomic E-state index is 12.0. The van der Waals surface area contributed by atoms with Gasteiger partial charge in [-0.3, -0.25) is 0 Å². The smallest absolute Gasteiger partial charge is 0.336 e. The van der Waals surface area contributed by atoms with Crippen LogP contribution in [0.2, 0.25) is 0 Å². The minimum absolute atomic E-state index is 0.0639. The highest BCUT2D eigenvalue weighted by molar-refractivity contribution is 7.88. The number of hydrogen-bond acceptors (Lipinski definition) is 5. The van der Waals surface area contributed by atoms with E-state index in [9.17, 15) is 18.0 Å². The van der Waals surface area contributed by atoms with Gasteiger partial charge in [0.05, 0.1) is 5.75 Å². The summed E-state index contributed by atoms with van der Waals surface area (Å²) in [6.45, 7) is 1.98. The van der Waals surface area contributed by atoms with E-state index in [-0.39, 0.29) is 18.8 Å². The van der Waals surface area contributed by atoms with Crippen LogP contribution >= 0.6 is 0 Å². The molecule has 0 atom stereocenters. The molecule has 29 heavy (non-hydrogen) atoms. The van der Waals surface area contributed by atoms with Crippen molar-refractivity contribution in [2.45, 2.75) is 12.7 Å². The molecule has 0 saturated carbocycles. The van der Waals surface area contributed by atoms with Gasteiger partial charge in [-0.25, -0.2) is 22.7 Å². The maximum absolute atomic E-state index is 12.0. The van der Waals surface area contributed by atoms with Crippen molar-refractivity contribution in [3.63, 3.8) is 0 Å². The maximum Gasteiger partial charge on any atom is 0.336 e. The number of carbonyl (C=O) groups is 1. The minimum Gasteiger partial charge on any atom is -0.423 e. The van der Waals surface area contributed by atoms with Gasteiger partial charge in [0.15, 0.2) is 0 Å². The molecule has 0 fully saturated rings. The zero-order valence-electron chi connectivity index (χ0n) is 15.8. The Morgan fingerprint density at radius 3 is 2.55 bits per heavy atom. The molecule has 0 aliphatic carbocycles. The van der Waals surface area contributed by atoms with Crippen molar-refractivity contribution in [3.8, 4) is 0 Å². The Hall–Kier alpha value is -3.17. The molecule has 9 heteroatoms. The van der Waals surface area contributed by atoms with E-state index in [2.05, 4.69) is 15.4 Å². The van der Waals surface area contributed by atoms with Gasteiger partial charge in [-0.1, -0.05) is 30.3 Å². The fourth-order valence-electron chi connectivity index (χ4n) is 2.81. The molecule has 3 rings (SSSR count). The SMILES string of the molecule is Cc1cc(=O)oc2cc(NC(=O)NCCNS(=O)(=O)Cc3ccccc3)ccc12. The van der Waals surface area contributed by atoms with Gasteiger partial charge in [0.1, 0.15) is 5.58 Å². The summed E-state index contributed by atoms with van der Waals surface area (Å²) in [7, 11) is -3.49. The molecule has 0 aliphatic heterocycles. The van der Waals surface area contributed by atoms with Crippen molar-refractivity contribution >= 4 is 32.7 Å². The van der Waals surface area contributed by atoms with Gasteiger partial charge in [-0.15, -0.1) is 0 Å². The van der Waals surface area contributed by atoms with Crippen molar-refractivity contribution in [3.05, 3.63) is 76.1 Å². The first-order valence-corrected chi connectivity index (χ1v) is 10.6. The predicted molar refractivity (Wildman–Crippen MR) is 111 cm³/mol. The number of benzene rings is 2. The number of amides is 2. The first kappa shape index (κ1) is 20.6. The van der Waals surface area contributed by atoms with Crippen LogP contribution in [0.15, 0.2) is 63.8 Å². The second-order valence-corrected chi connectivity index (χ2v) is 8.29. The summed E-state index contributed by atoms with van der Waals surface area (Å²) < 4.78 is 31.7. The third kappa shape index (κ3) is 5.90. The Bertz CT molecular complexity index is 1170. The fourth-order valence-corrected chi connectivity index (χ4v) is 3.95. The average molecular weight is 415 g/mol. The summed E-state index contributed by atoms with van der Waals surface area (Å²) in [5.41, 5.74) is 1.84. The molecule has 0 unspecified atom stereocenters. The third-order valence-corrected chi connectivity index (χ3v) is 5.50. The van der Waals surface area contributed by atoms with E-state index >= 15 is 0 Å². The fraction of sp³-hybridized carbons (Fsp3) is 0.200. The number of rotatable bonds is 7. The largest absolute Gasteiger partial charge is 0.423 e. The number of hydrogen-bond donors (Lipinski definition) is 3. The molecule has 0 radical (unpaired) electrons. The summed E-state index contributed by atoms with van der Waals surface area (Å²) in [6.07, 6.45) is 0. The van der Waals surface area contributed by atoms with Gasteiger partial charge < -0.3 is 15.1 Å². The number of aryl methyl sites for hydroxylation is 1. The molecule has 2 amide bonds. The zero-order valence-corrected chi connectivity index (χ0v) is 16.6. The summed E-state index contributed by atoms with van der Waals surface area (Å²) in [5.74, 6) is -0.123. The lowest BCUT2D eigenvalue weighted by Crippen LogP contribution is -2.37. The van der Waals surface area contributed by atoms with Crippen molar-refractivity contribution in [2.75, 3.05) is 18.4 Å². The van der Waals surface area contributed by atoms with Crippen LogP contribution in [-0.4, -0.2) is 27.5 Å². The van der Waals surface area contributed by atoms with E-state index in [4.69, 9.17) is 4.42 Å². The monoisotopic (exact) mass is 415 g/mol. The van der Waals surface area contributed by atoms with Crippen molar-refractivity contribution < 1.29 is 17.6 Å². The average Bonchev–Trinajstić information content (AvgIpc) is 2.65. The molecule has 0 bridgehead atoms. The quantitative estimate of drug-likeness (QED) is 0.404. The molecule has 1 aromatic heterocycles. The normalized spacial score (nSPS) is 11.3. The first-order chi connectivity index (χ1) is 13.8. The van der Waals surface area contributed by atoms with Crippen molar-refractivity contribution in [1.29, 1.82) is 0 Å². The van der Waals surface area contributed by atoms with Crippen LogP contribution in [0.1, 0.15) is 11.1 Å². The topological polar surface area (TPSA) is 118 Å². The number of anilines is 1. The van der Waals surface area contributed by atoms with Crippen LogP contribution in [0.5, 0.6) is 0 Å². The van der Waals surface area contributed by atoms with E-state index in [0.29, 0.717) is 16.8 Å². The molecule has 0 saturated heterocycles. The molecule has 3 N–H and O–H groups in total. The Labute approximate surface area is 168 Å². The Morgan fingerprint density at radius 1 is 1.03 bits per heavy atom. The molecule has 1 heterocycles. The number of fused-ring (bicyclic) bond motifs is 1. The van der Waals surface area contributed by atoms with Crippen LogP contribution < -0.4 is 21.0 Å². The van der Waals surface area contributed by atoms with E-state index in [1.807, 2.05) is 6.07 Å². The molecular weight excluding hydrogens is 394 g/mol. The highest BCUT2D eigenvalue weighted by atomic mass is 32.2. The predicted octanol–water partition coefficient (Wildman–Crippen LogP) is 2.34. The number of sulfonamides is 1. The van der Waals surface area contributed by atoms with Crippen LogP contribution in [0.3, 0.4) is 0 Å². The molecular formula is C20H21N3O5S. The van der Waals surface area contributed by atoms with Crippen LogP contribution in [0.25, 0.3) is 11.0 Å². The molecule has 2 aromatic carbocycles. The Morgan fingerprint density at radius 2 is 1.79 bits per heavy atom. The van der Waals surface area contributed by atoms with Gasteiger partial charge in [-0.05, 0) is 30.2 Å². The standard InChI is InChI=1S/C20H21N3O5S/c1-14-11-19(24)28-18-12-16(7-8-17(14)18)23-20(25)21-9-10-22-29(26,27)13-15-5-3-2-4-6-15/h2-8,11-12,22H,9-10,13H2,1H3,(H2,21,23,25). The summed E-state index contributed by atoms with van der Waals surface area (Å²) in [6, 6.07) is 14.7. The van der Waals surface area contributed by atoms with E-state index < -0.39 is 21.7 Å². The third-order valence-electron chi connectivity index (χ3n) is 4.14. The molecule has 3 aromatic rings. The first-order valence-electron chi connectivity index (χ1n) is 8.93. The lowest BCUT2D eigenvalue weighted by Gasteiger charge is -2.10. The molecule has 8 nitrogen and oxygen atoms in total. The second kappa shape index (κ2) is 8.89. The summed E-state index contributed by atoms with van der Waals surface area (Å²) >= 11 is 0. The lowest BCUT2D eigenvalue weighted by atomic mass is 10.1. The molecule has 152 valence electrons. The zero-order chi connectivity index (χ0) is 20.9. The second-order valence-electron chi connectivity index (χ2n) is 6.48. The number of urea groups is 1. The molecule has 0 aliphatic rings. The minimum atomic E-state index is -3.49. The van der Waals surface area contributed by atoms with Gasteiger partial charge in [0.25, 0.3) is 0 Å². The summed E-state index contributed by atoms with van der Waals surface area (Å²) in [4.78, 5) is 23.5. The van der Waals surface area contributed by atoms with Gasteiger partial charge >= 0.3 is 11.7 Å². The van der Waals surface area contributed by atoms with E-state index in [1.54, 1.807) is 49.4 Å². The van der Waals surface area contributed by atoms with Gasteiger partial charge in [0.2, 0.25) is 10.0 Å². The highest BCUT2D eigenvalue weighted by Crippen LogP contribution is 2.20. The Kier molecular flexibility index (Phi) is 6.30. The highest BCUT2D eigenvalue weighted by Gasteiger charge is 2.11. The number of carbonyl (C=O) groups excluding carboxylic acids is 1. The molecule has 0 spiro atoms. The van der Waals surface area contributed by atoms with Crippen molar-refractivity contribution in [1.82, 2.24) is 10.0 Å². The summed E-state index contributed by atoms with van der Waals surface area (Å²) in [5, 5.41) is 5.97. The number of nitrogens with one attached hydrogen (secondary N) is 3. The van der Waals surface area contributed by atoms with Crippen LogP contribution in [0.4, 0.5) is 10.5 Å². The Balaban J connectivity index is 1.49. The van der Waals surface area contributed by atoms with E-state index in [1.165, 1.54) is 6.07 Å². The van der Waals surface area contributed by atoms with Crippen LogP contribution in [-0.2, 0) is 15.8 Å².